The van der Waals surface area contributed by atoms with E-state index in [1.165, 1.54) is 11.3 Å². The normalized spacial score (nSPS) is 13.9. The van der Waals surface area contributed by atoms with E-state index in [1.54, 1.807) is 0 Å². The van der Waals surface area contributed by atoms with E-state index < -0.39 is 0 Å². The first-order valence-corrected chi connectivity index (χ1v) is 6.16. The number of nitrogens with zero attached hydrogens (tertiary/aromatic N) is 1. The van der Waals surface area contributed by atoms with Gasteiger partial charge < -0.3 is 4.90 Å². The van der Waals surface area contributed by atoms with Crippen LogP contribution in [-0.4, -0.2) is 18.9 Å². The molecule has 86 valence electrons. The van der Waals surface area contributed by atoms with E-state index in [9.17, 15) is 4.79 Å². The lowest BCUT2D eigenvalue weighted by molar-refractivity contribution is -0.118. The Morgan fingerprint density at radius 1 is 1.38 bits per heavy atom. The topological polar surface area (TPSA) is 20.3 Å². The number of Topliss-reactive ketones (excluding diaryl/α,β-unsaturated/α-hetero) is 1. The van der Waals surface area contributed by atoms with Crippen molar-refractivity contribution >= 4 is 11.5 Å². The minimum atomic E-state index is 0.382. The van der Waals surface area contributed by atoms with Crippen molar-refractivity contribution in [1.29, 1.82) is 0 Å². The predicted octanol–water partition coefficient (Wildman–Crippen LogP) is 2.81. The molecule has 2 heteroatoms. The molecule has 0 aliphatic carbocycles. The monoisotopic (exact) mass is 217 g/mol. The molecule has 2 nitrogen and oxygen atoms in total. The highest BCUT2D eigenvalue weighted by atomic mass is 16.1. The summed E-state index contributed by atoms with van der Waals surface area (Å²) in [5.74, 6) is 0.382. The van der Waals surface area contributed by atoms with Crippen LogP contribution in [0, 0.1) is 0 Å². The molecule has 1 aliphatic rings. The average Bonchev–Trinajstić information content (AvgIpc) is 2.73. The van der Waals surface area contributed by atoms with Crippen molar-refractivity contribution in [2.45, 2.75) is 32.6 Å². The van der Waals surface area contributed by atoms with Crippen LogP contribution in [-0.2, 0) is 11.2 Å². The van der Waals surface area contributed by atoms with Gasteiger partial charge in [-0.15, -0.1) is 0 Å². The van der Waals surface area contributed by atoms with Gasteiger partial charge >= 0.3 is 0 Å². The third-order valence-corrected chi connectivity index (χ3v) is 3.26. The maximum absolute atomic E-state index is 11.2. The molecule has 2 rings (SSSR count). The fourth-order valence-electron chi connectivity index (χ4n) is 2.28. The smallest absolute Gasteiger partial charge is 0.132 e. The Morgan fingerprint density at radius 3 is 3.00 bits per heavy atom. The molecule has 1 heterocycles. The van der Waals surface area contributed by atoms with Crippen LogP contribution in [0.2, 0.25) is 0 Å². The van der Waals surface area contributed by atoms with Crippen molar-refractivity contribution in [2.75, 3.05) is 18.0 Å². The number of hydrogen-bond donors (Lipinski definition) is 0. The van der Waals surface area contributed by atoms with E-state index in [0.717, 1.165) is 32.4 Å². The summed E-state index contributed by atoms with van der Waals surface area (Å²) in [4.78, 5) is 13.6. The van der Waals surface area contributed by atoms with Crippen molar-refractivity contribution in [3.05, 3.63) is 29.8 Å². The summed E-state index contributed by atoms with van der Waals surface area (Å²) in [6.45, 7) is 4.07. The second-order valence-electron chi connectivity index (χ2n) is 4.36. The first-order chi connectivity index (χ1) is 7.81. The van der Waals surface area contributed by atoms with Crippen LogP contribution in [0.15, 0.2) is 24.3 Å². The second-order valence-corrected chi connectivity index (χ2v) is 4.36. The lowest BCUT2D eigenvalue weighted by Gasteiger charge is -2.18. The van der Waals surface area contributed by atoms with Gasteiger partial charge in [0.15, 0.2) is 0 Å². The SMILES string of the molecule is CCC(=O)CCCN1CCc2ccccc21. The zero-order valence-electron chi connectivity index (χ0n) is 9.91. The Morgan fingerprint density at radius 2 is 2.19 bits per heavy atom. The molecule has 1 aromatic carbocycles. The average molecular weight is 217 g/mol. The van der Waals surface area contributed by atoms with E-state index in [4.69, 9.17) is 0 Å². The Bertz CT molecular complexity index is 373. The number of benzene rings is 1. The van der Waals surface area contributed by atoms with Crippen LogP contribution in [0.25, 0.3) is 0 Å². The Kier molecular flexibility index (Phi) is 3.60. The quantitative estimate of drug-likeness (QED) is 0.756. The number of rotatable bonds is 5. The molecule has 0 saturated heterocycles. The van der Waals surface area contributed by atoms with Crippen molar-refractivity contribution in [2.24, 2.45) is 0 Å². The zero-order chi connectivity index (χ0) is 11.4. The number of fused-ring (bicyclic) bond motifs is 1. The van der Waals surface area contributed by atoms with Gasteiger partial charge in [0.2, 0.25) is 0 Å². The molecule has 0 amide bonds. The van der Waals surface area contributed by atoms with Gasteiger partial charge in [-0.1, -0.05) is 25.1 Å². The molecule has 0 unspecified atom stereocenters. The molecule has 1 aromatic rings. The van der Waals surface area contributed by atoms with E-state index in [-0.39, 0.29) is 0 Å². The summed E-state index contributed by atoms with van der Waals surface area (Å²) in [7, 11) is 0. The standard InChI is InChI=1S/C14H19NO/c1-2-13(16)7-5-10-15-11-9-12-6-3-4-8-14(12)15/h3-4,6,8H,2,5,7,9-11H2,1H3. The van der Waals surface area contributed by atoms with Gasteiger partial charge in [-0.25, -0.2) is 0 Å². The minimum absolute atomic E-state index is 0.382. The lowest BCUT2D eigenvalue weighted by Crippen LogP contribution is -2.22. The Balaban J connectivity index is 1.86. The van der Waals surface area contributed by atoms with E-state index >= 15 is 0 Å². The van der Waals surface area contributed by atoms with Gasteiger partial charge in [0, 0.05) is 31.6 Å². The number of carbonyl (C=O) groups excluding carboxylic acids is 1. The highest BCUT2D eigenvalue weighted by Crippen LogP contribution is 2.27. The molecule has 0 atom stereocenters. The van der Waals surface area contributed by atoms with Crippen molar-refractivity contribution < 1.29 is 4.79 Å². The summed E-state index contributed by atoms with van der Waals surface area (Å²) in [6, 6.07) is 8.58. The highest BCUT2D eigenvalue weighted by molar-refractivity contribution is 5.78. The molecule has 0 radical (unpaired) electrons. The minimum Gasteiger partial charge on any atom is -0.371 e. The summed E-state index contributed by atoms with van der Waals surface area (Å²) in [6.07, 6.45) is 3.55. The van der Waals surface area contributed by atoms with Gasteiger partial charge in [0.25, 0.3) is 0 Å². The lowest BCUT2D eigenvalue weighted by atomic mass is 10.1. The molecule has 16 heavy (non-hydrogen) atoms. The van der Waals surface area contributed by atoms with Crippen LogP contribution < -0.4 is 4.90 Å². The molecular weight excluding hydrogens is 198 g/mol. The maximum Gasteiger partial charge on any atom is 0.132 e. The van der Waals surface area contributed by atoms with Crippen LogP contribution in [0.1, 0.15) is 31.7 Å². The van der Waals surface area contributed by atoms with E-state index in [0.29, 0.717) is 12.2 Å². The van der Waals surface area contributed by atoms with Gasteiger partial charge in [0.05, 0.1) is 0 Å². The van der Waals surface area contributed by atoms with Crippen LogP contribution >= 0.6 is 0 Å². The third kappa shape index (κ3) is 2.43. The molecule has 0 saturated carbocycles. The van der Waals surface area contributed by atoms with Gasteiger partial charge in [0.1, 0.15) is 5.78 Å². The van der Waals surface area contributed by atoms with Gasteiger partial charge in [-0.2, -0.15) is 0 Å². The predicted molar refractivity (Wildman–Crippen MR) is 66.9 cm³/mol. The van der Waals surface area contributed by atoms with Crippen molar-refractivity contribution in [3.8, 4) is 0 Å². The van der Waals surface area contributed by atoms with Crippen LogP contribution in [0.5, 0.6) is 0 Å². The van der Waals surface area contributed by atoms with Crippen molar-refractivity contribution in [3.63, 3.8) is 0 Å². The number of ketones is 1. The van der Waals surface area contributed by atoms with E-state index in [2.05, 4.69) is 29.2 Å². The van der Waals surface area contributed by atoms with Crippen LogP contribution in [0.3, 0.4) is 0 Å². The summed E-state index contributed by atoms with van der Waals surface area (Å²) < 4.78 is 0. The number of hydrogen-bond acceptors (Lipinski definition) is 2. The first-order valence-electron chi connectivity index (χ1n) is 6.16. The molecule has 0 fully saturated rings. The fourth-order valence-corrected chi connectivity index (χ4v) is 2.28. The molecule has 0 N–H and O–H groups in total. The Labute approximate surface area is 97.3 Å². The van der Waals surface area contributed by atoms with Crippen molar-refractivity contribution in [1.82, 2.24) is 0 Å². The maximum atomic E-state index is 11.2. The molecular formula is C14H19NO. The number of anilines is 1. The summed E-state index contributed by atoms with van der Waals surface area (Å²) in [5, 5.41) is 0. The third-order valence-electron chi connectivity index (χ3n) is 3.26. The van der Waals surface area contributed by atoms with E-state index in [1.807, 2.05) is 6.92 Å². The van der Waals surface area contributed by atoms with Crippen LogP contribution in [0.4, 0.5) is 5.69 Å². The largest absolute Gasteiger partial charge is 0.371 e. The number of para-hydroxylation sites is 1. The fraction of sp³-hybridized carbons (Fsp3) is 0.500. The number of carbonyl (C=O) groups is 1. The first kappa shape index (κ1) is 11.2. The molecule has 0 bridgehead atoms. The van der Waals surface area contributed by atoms with Gasteiger partial charge in [-0.3, -0.25) is 4.79 Å². The molecule has 0 aromatic heterocycles. The highest BCUT2D eigenvalue weighted by Gasteiger charge is 2.17. The summed E-state index contributed by atoms with van der Waals surface area (Å²) in [5.41, 5.74) is 2.82. The molecule has 1 aliphatic heterocycles. The van der Waals surface area contributed by atoms with Gasteiger partial charge in [-0.05, 0) is 24.5 Å². The summed E-state index contributed by atoms with van der Waals surface area (Å²) >= 11 is 0. The zero-order valence-corrected chi connectivity index (χ0v) is 9.91. The second kappa shape index (κ2) is 5.15. The molecule has 0 spiro atoms. The Hall–Kier alpha value is -1.31.